The van der Waals surface area contributed by atoms with E-state index in [1.54, 1.807) is 6.07 Å². The molecule has 0 unspecified atom stereocenters. The predicted octanol–water partition coefficient (Wildman–Crippen LogP) is 3.71. The average Bonchev–Trinajstić information content (AvgIpc) is 2.45. The van der Waals surface area contributed by atoms with E-state index >= 15 is 0 Å². The third-order valence-electron chi connectivity index (χ3n) is 3.61. The Morgan fingerprint density at radius 1 is 1.37 bits per heavy atom. The fourth-order valence-corrected chi connectivity index (χ4v) is 2.93. The fraction of sp³-hybridized carbons (Fsp3) is 0.600. The van der Waals surface area contributed by atoms with Crippen LogP contribution in [-0.2, 0) is 0 Å². The summed E-state index contributed by atoms with van der Waals surface area (Å²) in [6, 6.07) is 5.11. The van der Waals surface area contributed by atoms with Crippen LogP contribution in [0.4, 0.5) is 4.39 Å². The summed E-state index contributed by atoms with van der Waals surface area (Å²) in [5.74, 6) is 1.28. The molecule has 0 aliphatic carbocycles. The van der Waals surface area contributed by atoms with E-state index in [9.17, 15) is 4.39 Å². The molecule has 4 heteroatoms. The lowest BCUT2D eigenvalue weighted by atomic mass is 9.93. The molecule has 0 aromatic heterocycles. The first-order valence-corrected chi connectivity index (χ1v) is 8.19. The number of halogens is 1. The van der Waals surface area contributed by atoms with Gasteiger partial charge in [-0.05, 0) is 63.1 Å². The standard InChI is InChI=1S/C15H22FNOS/c1-19-15-5-4-13(11-14(15)16)18-10-2-3-12-6-8-17-9-7-12/h4-5,11-12,17H,2-3,6-10H2,1H3. The summed E-state index contributed by atoms with van der Waals surface area (Å²) in [7, 11) is 0. The van der Waals surface area contributed by atoms with Crippen molar-refractivity contribution < 1.29 is 9.13 Å². The van der Waals surface area contributed by atoms with Crippen LogP contribution in [0.2, 0.25) is 0 Å². The molecule has 2 rings (SSSR count). The summed E-state index contributed by atoms with van der Waals surface area (Å²) in [5.41, 5.74) is 0. The van der Waals surface area contributed by atoms with Gasteiger partial charge in [0.1, 0.15) is 11.6 Å². The lowest BCUT2D eigenvalue weighted by Crippen LogP contribution is -2.27. The van der Waals surface area contributed by atoms with Crippen molar-refractivity contribution in [2.75, 3.05) is 26.0 Å². The van der Waals surface area contributed by atoms with Crippen LogP contribution in [0.15, 0.2) is 23.1 Å². The highest BCUT2D eigenvalue weighted by Gasteiger charge is 2.12. The van der Waals surface area contributed by atoms with Gasteiger partial charge in [0.2, 0.25) is 0 Å². The largest absolute Gasteiger partial charge is 0.493 e. The second-order valence-electron chi connectivity index (χ2n) is 4.98. The Morgan fingerprint density at radius 3 is 2.84 bits per heavy atom. The Bertz CT molecular complexity index is 394. The maximum absolute atomic E-state index is 13.5. The molecule has 1 saturated heterocycles. The molecule has 1 aliphatic heterocycles. The molecule has 1 aromatic rings. The minimum atomic E-state index is -0.191. The molecular weight excluding hydrogens is 261 g/mol. The van der Waals surface area contributed by atoms with E-state index in [0.29, 0.717) is 17.3 Å². The highest BCUT2D eigenvalue weighted by molar-refractivity contribution is 7.98. The molecule has 0 saturated carbocycles. The second kappa shape index (κ2) is 7.75. The number of hydrogen-bond donors (Lipinski definition) is 1. The predicted molar refractivity (Wildman–Crippen MR) is 78.5 cm³/mol. The van der Waals surface area contributed by atoms with Crippen molar-refractivity contribution in [1.82, 2.24) is 5.32 Å². The number of hydrogen-bond acceptors (Lipinski definition) is 3. The van der Waals surface area contributed by atoms with Crippen molar-refractivity contribution in [3.8, 4) is 5.75 Å². The van der Waals surface area contributed by atoms with E-state index < -0.39 is 0 Å². The van der Waals surface area contributed by atoms with Crippen LogP contribution in [0.3, 0.4) is 0 Å². The van der Waals surface area contributed by atoms with E-state index in [-0.39, 0.29) is 5.82 Å². The zero-order valence-electron chi connectivity index (χ0n) is 11.5. The molecule has 0 spiro atoms. The van der Waals surface area contributed by atoms with Crippen LogP contribution in [-0.4, -0.2) is 26.0 Å². The molecule has 2 nitrogen and oxygen atoms in total. The average molecular weight is 283 g/mol. The molecule has 1 fully saturated rings. The van der Waals surface area contributed by atoms with Crippen LogP contribution in [0.5, 0.6) is 5.75 Å². The highest BCUT2D eigenvalue weighted by Crippen LogP contribution is 2.24. The number of nitrogens with one attached hydrogen (secondary N) is 1. The summed E-state index contributed by atoms with van der Waals surface area (Å²) in [4.78, 5) is 0.669. The van der Waals surface area contributed by atoms with Crippen LogP contribution in [0.25, 0.3) is 0 Å². The molecule has 1 N–H and O–H groups in total. The lowest BCUT2D eigenvalue weighted by molar-refractivity contribution is 0.272. The normalized spacial score (nSPS) is 16.5. The Balaban J connectivity index is 1.69. The first-order valence-electron chi connectivity index (χ1n) is 6.96. The summed E-state index contributed by atoms with van der Waals surface area (Å²) in [6.45, 7) is 2.97. The molecule has 0 bridgehead atoms. The Morgan fingerprint density at radius 2 is 2.16 bits per heavy atom. The van der Waals surface area contributed by atoms with Crippen molar-refractivity contribution in [3.63, 3.8) is 0 Å². The van der Waals surface area contributed by atoms with Gasteiger partial charge >= 0.3 is 0 Å². The van der Waals surface area contributed by atoms with E-state index in [2.05, 4.69) is 5.32 Å². The van der Waals surface area contributed by atoms with Crippen molar-refractivity contribution in [3.05, 3.63) is 24.0 Å². The van der Waals surface area contributed by atoms with Gasteiger partial charge in [0, 0.05) is 11.0 Å². The van der Waals surface area contributed by atoms with E-state index in [4.69, 9.17) is 4.74 Å². The Labute approximate surface area is 119 Å². The SMILES string of the molecule is CSc1ccc(OCCCC2CCNCC2)cc1F. The molecule has 106 valence electrons. The molecule has 0 atom stereocenters. The van der Waals surface area contributed by atoms with Crippen LogP contribution >= 0.6 is 11.8 Å². The van der Waals surface area contributed by atoms with Crippen molar-refractivity contribution in [2.24, 2.45) is 5.92 Å². The number of piperidine rings is 1. The van der Waals surface area contributed by atoms with Crippen LogP contribution < -0.4 is 10.1 Å². The molecule has 0 radical (unpaired) electrons. The maximum Gasteiger partial charge on any atom is 0.140 e. The van der Waals surface area contributed by atoms with E-state index in [1.807, 2.05) is 12.3 Å². The highest BCUT2D eigenvalue weighted by atomic mass is 32.2. The quantitative estimate of drug-likeness (QED) is 0.635. The summed E-state index contributed by atoms with van der Waals surface area (Å²) in [5, 5.41) is 3.37. The van der Waals surface area contributed by atoms with Gasteiger partial charge in [0.05, 0.1) is 6.61 Å². The number of benzene rings is 1. The molecule has 1 heterocycles. The molecular formula is C15H22FNOS. The zero-order valence-corrected chi connectivity index (χ0v) is 12.3. The third kappa shape index (κ3) is 4.69. The minimum Gasteiger partial charge on any atom is -0.493 e. The molecule has 1 aromatic carbocycles. The summed E-state index contributed by atoms with van der Waals surface area (Å²) < 4.78 is 19.2. The monoisotopic (exact) mass is 283 g/mol. The smallest absolute Gasteiger partial charge is 0.140 e. The first-order chi connectivity index (χ1) is 9.29. The Hall–Kier alpha value is -0.740. The Kier molecular flexibility index (Phi) is 5.98. The van der Waals surface area contributed by atoms with Crippen molar-refractivity contribution in [1.29, 1.82) is 0 Å². The van der Waals surface area contributed by atoms with Gasteiger partial charge < -0.3 is 10.1 Å². The number of ether oxygens (including phenoxy) is 1. The van der Waals surface area contributed by atoms with Crippen LogP contribution in [0.1, 0.15) is 25.7 Å². The van der Waals surface area contributed by atoms with Gasteiger partial charge in [-0.15, -0.1) is 11.8 Å². The second-order valence-corrected chi connectivity index (χ2v) is 5.83. The minimum absolute atomic E-state index is 0.191. The van der Waals surface area contributed by atoms with Gasteiger partial charge in [0.15, 0.2) is 0 Å². The van der Waals surface area contributed by atoms with Gasteiger partial charge in [-0.3, -0.25) is 0 Å². The fourth-order valence-electron chi connectivity index (χ4n) is 2.47. The van der Waals surface area contributed by atoms with Crippen LogP contribution in [0, 0.1) is 11.7 Å². The molecule has 1 aliphatic rings. The summed E-state index contributed by atoms with van der Waals surface area (Å²) >= 11 is 1.41. The van der Waals surface area contributed by atoms with E-state index in [1.165, 1.54) is 37.1 Å². The summed E-state index contributed by atoms with van der Waals surface area (Å²) in [6.07, 6.45) is 6.69. The van der Waals surface area contributed by atoms with Gasteiger partial charge in [-0.2, -0.15) is 0 Å². The number of thioether (sulfide) groups is 1. The van der Waals surface area contributed by atoms with Gasteiger partial charge in [-0.25, -0.2) is 4.39 Å². The topological polar surface area (TPSA) is 21.3 Å². The zero-order chi connectivity index (χ0) is 13.5. The van der Waals surface area contributed by atoms with Crippen molar-refractivity contribution in [2.45, 2.75) is 30.6 Å². The van der Waals surface area contributed by atoms with E-state index in [0.717, 1.165) is 25.4 Å². The van der Waals surface area contributed by atoms with Crippen molar-refractivity contribution >= 4 is 11.8 Å². The first kappa shape index (κ1) is 14.7. The van der Waals surface area contributed by atoms with Gasteiger partial charge in [-0.1, -0.05) is 0 Å². The third-order valence-corrected chi connectivity index (χ3v) is 4.38. The number of rotatable bonds is 6. The molecule has 0 amide bonds. The molecule has 19 heavy (non-hydrogen) atoms. The lowest BCUT2D eigenvalue weighted by Gasteiger charge is -2.22. The van der Waals surface area contributed by atoms with Gasteiger partial charge in [0.25, 0.3) is 0 Å². The maximum atomic E-state index is 13.5.